The van der Waals surface area contributed by atoms with Crippen LogP contribution in [0.4, 0.5) is 10.1 Å². The Morgan fingerprint density at radius 2 is 2.16 bits per heavy atom. The van der Waals surface area contributed by atoms with Crippen molar-refractivity contribution >= 4 is 27.9 Å². The van der Waals surface area contributed by atoms with Crippen LogP contribution in [0.5, 0.6) is 5.75 Å². The normalized spacial score (nSPS) is 15.4. The van der Waals surface area contributed by atoms with Crippen LogP contribution < -0.4 is 10.4 Å². The van der Waals surface area contributed by atoms with Crippen LogP contribution in [0, 0.1) is 12.4 Å². The highest BCUT2D eigenvalue weighted by atomic mass is 19.1. The van der Waals surface area contributed by atoms with Crippen molar-refractivity contribution in [2.75, 3.05) is 6.61 Å². The number of para-hydroxylation sites is 1. The Kier molecular flexibility index (Phi) is 3.85. The predicted molar refractivity (Wildman–Crippen MR) is 114 cm³/mol. The van der Waals surface area contributed by atoms with Crippen molar-refractivity contribution in [2.24, 2.45) is 0 Å². The molecule has 2 aromatic carbocycles. The highest BCUT2D eigenvalue weighted by Crippen LogP contribution is 2.36. The second-order valence-corrected chi connectivity index (χ2v) is 7.42. The first-order chi connectivity index (χ1) is 15.6. The Hall–Kier alpha value is -4.52. The zero-order valence-electron chi connectivity index (χ0n) is 16.5. The third-order valence-corrected chi connectivity index (χ3v) is 5.63. The van der Waals surface area contributed by atoms with E-state index in [-0.39, 0.29) is 18.0 Å². The molecule has 1 aliphatic heterocycles. The quantitative estimate of drug-likeness (QED) is 0.435. The summed E-state index contributed by atoms with van der Waals surface area (Å²) in [7, 11) is 0. The Labute approximate surface area is 179 Å². The first kappa shape index (κ1) is 18.3. The van der Waals surface area contributed by atoms with Crippen molar-refractivity contribution in [3.05, 3.63) is 82.2 Å². The van der Waals surface area contributed by atoms with E-state index in [2.05, 4.69) is 24.8 Å². The van der Waals surface area contributed by atoms with E-state index in [4.69, 9.17) is 11.3 Å². The van der Waals surface area contributed by atoms with Crippen LogP contribution in [-0.4, -0.2) is 35.7 Å². The van der Waals surface area contributed by atoms with Gasteiger partial charge in [-0.15, -0.1) is 0 Å². The molecule has 9 nitrogen and oxygen atoms in total. The van der Waals surface area contributed by atoms with Gasteiger partial charge in [-0.3, -0.25) is 9.13 Å². The van der Waals surface area contributed by atoms with Gasteiger partial charge in [0.1, 0.15) is 11.8 Å². The van der Waals surface area contributed by atoms with Crippen LogP contribution in [0.3, 0.4) is 0 Å². The van der Waals surface area contributed by atoms with Crippen LogP contribution in [0.25, 0.3) is 33.0 Å². The number of nitrogens with one attached hydrogen (secondary N) is 1. The summed E-state index contributed by atoms with van der Waals surface area (Å²) in [6.07, 6.45) is 3.60. The minimum absolute atomic E-state index is 0.159. The molecule has 6 rings (SSSR count). The van der Waals surface area contributed by atoms with E-state index in [9.17, 15) is 9.18 Å². The topological polar surface area (TPSA) is 95.0 Å². The lowest BCUT2D eigenvalue weighted by Crippen LogP contribution is -2.28. The van der Waals surface area contributed by atoms with Crippen LogP contribution in [0.1, 0.15) is 18.0 Å². The molecule has 0 radical (unpaired) electrons. The number of hydrogen-bond donors (Lipinski definition) is 1. The van der Waals surface area contributed by atoms with Gasteiger partial charge in [0.05, 0.1) is 36.5 Å². The molecule has 1 aliphatic rings. The lowest BCUT2D eigenvalue weighted by molar-refractivity contribution is 0.244. The number of fused-ring (bicyclic) bond motifs is 3. The van der Waals surface area contributed by atoms with Gasteiger partial charge in [0.25, 0.3) is 0 Å². The van der Waals surface area contributed by atoms with Crippen molar-refractivity contribution < 1.29 is 9.13 Å². The lowest BCUT2D eigenvalue weighted by Gasteiger charge is -2.26. The average molecular weight is 427 g/mol. The van der Waals surface area contributed by atoms with E-state index in [1.54, 1.807) is 41.2 Å². The molecule has 0 fully saturated rings. The molecule has 3 aromatic heterocycles. The number of benzene rings is 2. The third-order valence-electron chi connectivity index (χ3n) is 5.63. The average Bonchev–Trinajstić information content (AvgIpc) is 3.38. The van der Waals surface area contributed by atoms with Crippen LogP contribution in [0.15, 0.2) is 53.7 Å². The summed E-state index contributed by atoms with van der Waals surface area (Å²) >= 11 is 0. The van der Waals surface area contributed by atoms with Gasteiger partial charge in [0, 0.05) is 12.0 Å². The second-order valence-electron chi connectivity index (χ2n) is 7.42. The Bertz CT molecular complexity index is 1630. The van der Waals surface area contributed by atoms with E-state index < -0.39 is 11.9 Å². The molecule has 4 heterocycles. The fourth-order valence-electron chi connectivity index (χ4n) is 4.17. The van der Waals surface area contributed by atoms with Gasteiger partial charge >= 0.3 is 5.69 Å². The molecule has 0 saturated carbocycles. The SMILES string of the molecule is [C-]#[N+]c1ccc2ncn(-c3ncc4[nH]c(=O)n([C@@H]5CCOc6c(F)cccc65)c4n3)c2c1. The smallest absolute Gasteiger partial charge is 0.328 e. The number of H-pyrrole nitrogens is 1. The molecule has 0 aliphatic carbocycles. The molecule has 0 bridgehead atoms. The first-order valence-electron chi connectivity index (χ1n) is 9.87. The molecular formula is C22H14FN7O2. The molecule has 0 unspecified atom stereocenters. The Morgan fingerprint density at radius 3 is 3.03 bits per heavy atom. The predicted octanol–water partition coefficient (Wildman–Crippen LogP) is 3.52. The van der Waals surface area contributed by atoms with Crippen molar-refractivity contribution in [2.45, 2.75) is 12.5 Å². The number of aromatic nitrogens is 6. The minimum atomic E-state index is -0.462. The number of rotatable bonds is 2. The summed E-state index contributed by atoms with van der Waals surface area (Å²) in [5.74, 6) is 0.00358. The molecular weight excluding hydrogens is 413 g/mol. The molecule has 0 amide bonds. The molecule has 32 heavy (non-hydrogen) atoms. The van der Waals surface area contributed by atoms with Crippen molar-refractivity contribution in [3.8, 4) is 11.7 Å². The standard InChI is InChI=1S/C22H14FN7O2/c1-24-12-5-6-15-18(9-12)29(11-26-15)21-25-10-16-20(28-21)30(22(31)27-16)17-7-8-32-19-13(17)3-2-4-14(19)23/h2-6,9-11,17H,7-8H2,(H,27,31)/t17-/m1/s1. The molecule has 1 N–H and O–H groups in total. The molecule has 5 aromatic rings. The molecule has 1 atom stereocenters. The third kappa shape index (κ3) is 2.61. The highest BCUT2D eigenvalue weighted by Gasteiger charge is 2.28. The molecule has 0 saturated heterocycles. The largest absolute Gasteiger partial charge is 0.490 e. The van der Waals surface area contributed by atoms with Crippen LogP contribution in [-0.2, 0) is 0 Å². The maximum absolute atomic E-state index is 14.3. The van der Waals surface area contributed by atoms with E-state index in [1.807, 2.05) is 0 Å². The zero-order valence-corrected chi connectivity index (χ0v) is 16.5. The maximum atomic E-state index is 14.3. The second kappa shape index (κ2) is 6.75. The Balaban J connectivity index is 1.56. The fraction of sp³-hybridized carbons (Fsp3) is 0.136. The zero-order chi connectivity index (χ0) is 21.8. The van der Waals surface area contributed by atoms with E-state index in [0.29, 0.717) is 45.8 Å². The summed E-state index contributed by atoms with van der Waals surface area (Å²) in [6.45, 7) is 7.54. The number of halogens is 1. The summed E-state index contributed by atoms with van der Waals surface area (Å²) in [5, 5.41) is 0. The van der Waals surface area contributed by atoms with Crippen molar-refractivity contribution in [1.82, 2.24) is 29.1 Å². The lowest BCUT2D eigenvalue weighted by atomic mass is 10.00. The van der Waals surface area contributed by atoms with Crippen LogP contribution in [0.2, 0.25) is 0 Å². The fourth-order valence-corrected chi connectivity index (χ4v) is 4.17. The number of aromatic amines is 1. The van der Waals surface area contributed by atoms with Gasteiger partial charge in [0.15, 0.2) is 22.9 Å². The van der Waals surface area contributed by atoms with Gasteiger partial charge in [-0.1, -0.05) is 18.2 Å². The Morgan fingerprint density at radius 1 is 1.25 bits per heavy atom. The molecule has 0 spiro atoms. The van der Waals surface area contributed by atoms with E-state index in [1.165, 1.54) is 16.8 Å². The number of ether oxygens (including phenoxy) is 1. The van der Waals surface area contributed by atoms with Crippen molar-refractivity contribution in [1.29, 1.82) is 0 Å². The summed E-state index contributed by atoms with van der Waals surface area (Å²) in [4.78, 5) is 32.5. The van der Waals surface area contributed by atoms with Crippen LogP contribution >= 0.6 is 0 Å². The number of nitrogens with zero attached hydrogens (tertiary/aromatic N) is 6. The van der Waals surface area contributed by atoms with Gasteiger partial charge in [-0.2, -0.15) is 4.98 Å². The molecule has 156 valence electrons. The monoisotopic (exact) mass is 427 g/mol. The summed E-state index contributed by atoms with van der Waals surface area (Å²) in [6, 6.07) is 9.42. The summed E-state index contributed by atoms with van der Waals surface area (Å²) < 4.78 is 23.0. The minimum Gasteiger partial charge on any atom is -0.490 e. The van der Waals surface area contributed by atoms with E-state index >= 15 is 0 Å². The highest BCUT2D eigenvalue weighted by molar-refractivity contribution is 5.81. The summed E-state index contributed by atoms with van der Waals surface area (Å²) in [5.41, 5.74) is 2.94. The van der Waals surface area contributed by atoms with Gasteiger partial charge in [-0.25, -0.2) is 24.0 Å². The first-order valence-corrected chi connectivity index (χ1v) is 9.87. The van der Waals surface area contributed by atoms with Gasteiger partial charge in [0.2, 0.25) is 5.95 Å². The maximum Gasteiger partial charge on any atom is 0.328 e. The van der Waals surface area contributed by atoms with Crippen molar-refractivity contribution in [3.63, 3.8) is 0 Å². The van der Waals surface area contributed by atoms with E-state index in [0.717, 1.165) is 0 Å². The van der Waals surface area contributed by atoms with Gasteiger partial charge in [-0.05, 0) is 18.2 Å². The number of hydrogen-bond acceptors (Lipinski definition) is 5. The van der Waals surface area contributed by atoms with Gasteiger partial charge < -0.3 is 9.72 Å². The molecule has 10 heteroatoms. The number of imidazole rings is 2.